The molecule has 4 amide bonds. The summed E-state index contributed by atoms with van der Waals surface area (Å²) in [4.78, 5) is 56.1. The Morgan fingerprint density at radius 2 is 0.902 bits per heavy atom. The molecule has 0 fully saturated rings. The van der Waals surface area contributed by atoms with Crippen molar-refractivity contribution in [2.45, 2.75) is 26.2 Å². The zero-order valence-corrected chi connectivity index (χ0v) is 22.9. The van der Waals surface area contributed by atoms with Gasteiger partial charge in [0.05, 0.1) is 5.75 Å². The van der Waals surface area contributed by atoms with Gasteiger partial charge in [-0.05, 0) is 69.4 Å². The van der Waals surface area contributed by atoms with Gasteiger partial charge < -0.3 is 0 Å². The van der Waals surface area contributed by atoms with Crippen LogP contribution in [0.15, 0.2) is 48.5 Å². The molecule has 0 aromatic heterocycles. The Morgan fingerprint density at radius 1 is 0.561 bits per heavy atom. The maximum absolute atomic E-state index is 13.5. The SMILES string of the molecule is CCCCN1C(=O)c2ccc3c4ccc5c6c(ccc(c7ccc(c2c37)C1=O)c64)C(=O)N(CCCS(=O)(=O)O)C5=O. The monoisotopic (exact) mass is 568 g/mol. The first-order valence-electron chi connectivity index (χ1n) is 13.5. The van der Waals surface area contributed by atoms with Crippen molar-refractivity contribution in [3.05, 3.63) is 70.8 Å². The molecule has 0 atom stereocenters. The number of hydrogen-bond donors (Lipinski definition) is 1. The summed E-state index contributed by atoms with van der Waals surface area (Å²) in [6.45, 7) is 2.22. The summed E-state index contributed by atoms with van der Waals surface area (Å²) in [5.41, 5.74) is 1.63. The molecule has 0 saturated heterocycles. The predicted molar refractivity (Wildman–Crippen MR) is 154 cm³/mol. The summed E-state index contributed by atoms with van der Waals surface area (Å²) in [7, 11) is -4.23. The molecule has 0 bridgehead atoms. The topological polar surface area (TPSA) is 129 Å². The smallest absolute Gasteiger partial charge is 0.264 e. The van der Waals surface area contributed by atoms with Crippen LogP contribution in [0.4, 0.5) is 0 Å². The molecule has 9 nitrogen and oxygen atoms in total. The van der Waals surface area contributed by atoms with Crippen molar-refractivity contribution in [3.63, 3.8) is 0 Å². The first-order valence-corrected chi connectivity index (χ1v) is 15.1. The lowest BCUT2D eigenvalue weighted by Gasteiger charge is -2.30. The van der Waals surface area contributed by atoms with E-state index in [0.717, 1.165) is 50.1 Å². The van der Waals surface area contributed by atoms with Crippen LogP contribution in [-0.2, 0) is 10.1 Å². The molecule has 2 aliphatic rings. The summed E-state index contributed by atoms with van der Waals surface area (Å²) < 4.78 is 31.4. The number of hydrogen-bond acceptors (Lipinski definition) is 6. The second-order valence-electron chi connectivity index (χ2n) is 10.7. The van der Waals surface area contributed by atoms with Crippen LogP contribution in [0.5, 0.6) is 0 Å². The van der Waals surface area contributed by atoms with Crippen LogP contribution in [0.1, 0.15) is 67.6 Å². The van der Waals surface area contributed by atoms with Crippen LogP contribution >= 0.6 is 0 Å². The predicted octanol–water partition coefficient (Wildman–Crippen LogP) is 5.01. The Balaban J connectivity index is 1.46. The number of carbonyl (C=O) groups is 4. The third kappa shape index (κ3) is 3.53. The highest BCUT2D eigenvalue weighted by Crippen LogP contribution is 2.46. The molecule has 2 aliphatic heterocycles. The molecule has 206 valence electrons. The van der Waals surface area contributed by atoms with Crippen LogP contribution in [-0.4, -0.2) is 65.2 Å². The maximum atomic E-state index is 13.5. The van der Waals surface area contributed by atoms with E-state index in [2.05, 4.69) is 0 Å². The highest BCUT2D eigenvalue weighted by molar-refractivity contribution is 7.85. The van der Waals surface area contributed by atoms with Crippen LogP contribution < -0.4 is 0 Å². The minimum Gasteiger partial charge on any atom is -0.286 e. The van der Waals surface area contributed by atoms with Crippen LogP contribution in [0.3, 0.4) is 0 Å². The highest BCUT2D eigenvalue weighted by Gasteiger charge is 2.36. The fraction of sp³-hybridized carbons (Fsp3) is 0.226. The Bertz CT molecular complexity index is 2010. The van der Waals surface area contributed by atoms with Crippen molar-refractivity contribution < 1.29 is 32.1 Å². The van der Waals surface area contributed by atoms with E-state index in [4.69, 9.17) is 4.55 Å². The van der Waals surface area contributed by atoms with Crippen LogP contribution in [0.25, 0.3) is 43.1 Å². The molecule has 0 spiro atoms. The average Bonchev–Trinajstić information content (AvgIpc) is 2.95. The number of imide groups is 2. The van der Waals surface area contributed by atoms with Crippen LogP contribution in [0.2, 0.25) is 0 Å². The minimum atomic E-state index is -4.23. The van der Waals surface area contributed by atoms with E-state index in [1.165, 1.54) is 4.90 Å². The molecule has 0 unspecified atom stereocenters. The van der Waals surface area contributed by atoms with Gasteiger partial charge in [-0.1, -0.05) is 37.6 Å². The van der Waals surface area contributed by atoms with E-state index in [0.29, 0.717) is 39.6 Å². The molecule has 1 N–H and O–H groups in total. The quantitative estimate of drug-likeness (QED) is 0.126. The largest absolute Gasteiger partial charge is 0.286 e. The third-order valence-electron chi connectivity index (χ3n) is 8.32. The van der Waals surface area contributed by atoms with Gasteiger partial charge in [0.2, 0.25) is 0 Å². The third-order valence-corrected chi connectivity index (χ3v) is 9.13. The Kier molecular flexibility index (Phi) is 5.48. The minimum absolute atomic E-state index is 0.0850. The molecule has 5 aromatic carbocycles. The second-order valence-corrected chi connectivity index (χ2v) is 12.2. The van der Waals surface area contributed by atoms with Gasteiger partial charge >= 0.3 is 0 Å². The molecular weight excluding hydrogens is 544 g/mol. The van der Waals surface area contributed by atoms with Crippen molar-refractivity contribution in [2.24, 2.45) is 0 Å². The van der Waals surface area contributed by atoms with Gasteiger partial charge in [0.25, 0.3) is 33.7 Å². The number of nitrogens with zero attached hydrogens (tertiary/aromatic N) is 2. The van der Waals surface area contributed by atoms with Crippen molar-refractivity contribution in [1.29, 1.82) is 0 Å². The summed E-state index contributed by atoms with van der Waals surface area (Å²) in [5.74, 6) is -2.22. The van der Waals surface area contributed by atoms with E-state index in [1.807, 2.05) is 31.2 Å². The number of rotatable bonds is 7. The van der Waals surface area contributed by atoms with Crippen molar-refractivity contribution in [3.8, 4) is 0 Å². The molecule has 0 saturated carbocycles. The molecular formula is C31H24N2O7S. The fourth-order valence-electron chi connectivity index (χ4n) is 6.50. The Hall–Kier alpha value is -4.41. The standard InChI is InChI=1S/C31H24N2O7S/c1-2-3-13-32-28(34)20-9-5-16-18-7-11-22-27-23(31(37)33(30(22)36)14-4-15-41(38,39)40)12-8-19(25(18)27)17-6-10-21(29(32)35)26(20)24(16)17/h5-12H,2-4,13-15H2,1H3,(H,38,39,40). The van der Waals surface area contributed by atoms with Gasteiger partial charge in [0.1, 0.15) is 0 Å². The van der Waals surface area contributed by atoms with Gasteiger partial charge in [0.15, 0.2) is 0 Å². The summed E-state index contributed by atoms with van der Waals surface area (Å²) in [6.07, 6.45) is 1.50. The summed E-state index contributed by atoms with van der Waals surface area (Å²) in [6, 6.07) is 14.2. The molecule has 0 radical (unpaired) electrons. The second kappa shape index (κ2) is 8.79. The lowest BCUT2D eigenvalue weighted by molar-refractivity contribution is 0.0594. The van der Waals surface area contributed by atoms with Gasteiger partial charge in [-0.25, -0.2) is 0 Å². The Morgan fingerprint density at radius 3 is 1.22 bits per heavy atom. The molecule has 0 aliphatic carbocycles. The lowest BCUT2D eigenvalue weighted by Crippen LogP contribution is -2.41. The zero-order chi connectivity index (χ0) is 28.8. The van der Waals surface area contributed by atoms with Gasteiger partial charge in [0, 0.05) is 46.1 Å². The molecule has 41 heavy (non-hydrogen) atoms. The molecule has 5 aromatic rings. The van der Waals surface area contributed by atoms with E-state index in [1.54, 1.807) is 24.3 Å². The van der Waals surface area contributed by atoms with Crippen LogP contribution in [0, 0.1) is 0 Å². The normalized spacial score (nSPS) is 15.5. The number of amides is 4. The average molecular weight is 569 g/mol. The zero-order valence-electron chi connectivity index (χ0n) is 22.1. The number of carbonyl (C=O) groups excluding carboxylic acids is 4. The molecule has 2 heterocycles. The number of unbranched alkanes of at least 4 members (excludes halogenated alkanes) is 1. The Labute approximate surface area is 234 Å². The highest BCUT2D eigenvalue weighted by atomic mass is 32.2. The van der Waals surface area contributed by atoms with Crippen molar-refractivity contribution in [1.82, 2.24) is 9.80 Å². The molecule has 10 heteroatoms. The lowest BCUT2D eigenvalue weighted by atomic mass is 9.82. The van der Waals surface area contributed by atoms with Gasteiger partial charge in [-0.3, -0.25) is 33.5 Å². The first-order chi connectivity index (χ1) is 19.6. The van der Waals surface area contributed by atoms with E-state index < -0.39 is 27.7 Å². The number of fused-ring (bicyclic) bond motifs is 2. The maximum Gasteiger partial charge on any atom is 0.264 e. The van der Waals surface area contributed by atoms with Gasteiger partial charge in [-0.15, -0.1) is 0 Å². The number of benzene rings is 5. The molecule has 7 rings (SSSR count). The van der Waals surface area contributed by atoms with Gasteiger partial charge in [-0.2, -0.15) is 8.42 Å². The first kappa shape index (κ1) is 25.6. The van der Waals surface area contributed by atoms with Crippen molar-refractivity contribution >= 4 is 76.8 Å². The summed E-state index contributed by atoms with van der Waals surface area (Å²) in [5, 5.41) is 5.92. The van der Waals surface area contributed by atoms with E-state index >= 15 is 0 Å². The van der Waals surface area contributed by atoms with E-state index in [-0.39, 0.29) is 24.8 Å². The van der Waals surface area contributed by atoms with E-state index in [9.17, 15) is 27.6 Å². The van der Waals surface area contributed by atoms with Crippen molar-refractivity contribution in [2.75, 3.05) is 18.8 Å². The fourth-order valence-corrected chi connectivity index (χ4v) is 6.99. The summed E-state index contributed by atoms with van der Waals surface area (Å²) >= 11 is 0.